The number of nitrogens with one attached hydrogen (secondary N) is 1. The van der Waals surface area contributed by atoms with Gasteiger partial charge < -0.3 is 16.2 Å². The Kier molecular flexibility index (Phi) is 6.92. The molecule has 0 amide bonds. The molecule has 1 fully saturated rings. The van der Waals surface area contributed by atoms with E-state index >= 15 is 0 Å². The summed E-state index contributed by atoms with van der Waals surface area (Å²) in [6.07, 6.45) is 5.28. The Balaban J connectivity index is 1.47. The molecule has 1 atom stereocenters. The SMILES string of the molecule is BCCCCC(N)(C(=O)O)[C@H]1C[C@@H](NCc2ccc(-c3ccccc3)cc2)C1. The normalized spacial score (nSPS) is 20.9. The fourth-order valence-corrected chi connectivity index (χ4v) is 4.07. The topological polar surface area (TPSA) is 75.4 Å². The van der Waals surface area contributed by atoms with Gasteiger partial charge in [0.1, 0.15) is 13.4 Å². The first-order valence-corrected chi connectivity index (χ1v) is 10.4. The highest BCUT2D eigenvalue weighted by Gasteiger charge is 2.47. The van der Waals surface area contributed by atoms with Crippen LogP contribution in [-0.2, 0) is 11.3 Å². The molecule has 2 aromatic carbocycles. The maximum atomic E-state index is 11.7. The van der Waals surface area contributed by atoms with Crippen molar-refractivity contribution in [1.82, 2.24) is 5.32 Å². The van der Waals surface area contributed by atoms with E-state index in [1.807, 2.05) is 6.07 Å². The van der Waals surface area contributed by atoms with Crippen molar-refractivity contribution in [3.8, 4) is 11.1 Å². The number of carboxylic acid groups (broad SMARTS) is 1. The number of hydrogen-bond donors (Lipinski definition) is 3. The summed E-state index contributed by atoms with van der Waals surface area (Å²) in [7, 11) is 2.12. The van der Waals surface area contributed by atoms with Crippen molar-refractivity contribution in [3.05, 3.63) is 60.2 Å². The van der Waals surface area contributed by atoms with Crippen LogP contribution in [0.15, 0.2) is 54.6 Å². The van der Waals surface area contributed by atoms with Gasteiger partial charge in [-0.05, 0) is 41.9 Å². The number of carbonyl (C=O) groups is 1. The van der Waals surface area contributed by atoms with E-state index in [-0.39, 0.29) is 5.92 Å². The fraction of sp³-hybridized carbons (Fsp3) is 0.435. The van der Waals surface area contributed by atoms with E-state index in [1.165, 1.54) is 16.7 Å². The van der Waals surface area contributed by atoms with Gasteiger partial charge in [-0.15, -0.1) is 0 Å². The lowest BCUT2D eigenvalue weighted by Crippen LogP contribution is -2.60. The molecule has 0 spiro atoms. The van der Waals surface area contributed by atoms with Crippen molar-refractivity contribution in [2.45, 2.75) is 56.5 Å². The lowest BCUT2D eigenvalue weighted by molar-refractivity contribution is -0.148. The number of benzene rings is 2. The van der Waals surface area contributed by atoms with Gasteiger partial charge in [0.05, 0.1) is 0 Å². The Morgan fingerprint density at radius 1 is 1.07 bits per heavy atom. The second kappa shape index (κ2) is 9.40. The predicted molar refractivity (Wildman–Crippen MR) is 117 cm³/mol. The van der Waals surface area contributed by atoms with Gasteiger partial charge in [-0.2, -0.15) is 0 Å². The van der Waals surface area contributed by atoms with Crippen LogP contribution in [0.4, 0.5) is 0 Å². The van der Waals surface area contributed by atoms with Crippen molar-refractivity contribution in [2.75, 3.05) is 0 Å². The lowest BCUT2D eigenvalue weighted by atomic mass is 9.66. The third-order valence-electron chi connectivity index (χ3n) is 6.11. The monoisotopic (exact) mass is 378 g/mol. The first kappa shape index (κ1) is 20.6. The minimum absolute atomic E-state index is 0.0693. The number of aliphatic carboxylic acids is 1. The minimum atomic E-state index is -1.06. The first-order chi connectivity index (χ1) is 13.5. The van der Waals surface area contributed by atoms with Crippen LogP contribution >= 0.6 is 0 Å². The summed E-state index contributed by atoms with van der Waals surface area (Å²) in [5, 5.41) is 13.2. The second-order valence-electron chi connectivity index (χ2n) is 8.11. The van der Waals surface area contributed by atoms with Crippen LogP contribution in [0.2, 0.25) is 6.32 Å². The molecule has 0 radical (unpaired) electrons. The molecule has 2 aromatic rings. The third kappa shape index (κ3) is 4.84. The molecule has 5 heteroatoms. The average Bonchev–Trinajstić information content (AvgIpc) is 2.68. The number of unbranched alkanes of at least 4 members (excludes halogenated alkanes) is 1. The molecule has 28 heavy (non-hydrogen) atoms. The Morgan fingerprint density at radius 3 is 2.32 bits per heavy atom. The summed E-state index contributed by atoms with van der Waals surface area (Å²) < 4.78 is 0. The summed E-state index contributed by atoms with van der Waals surface area (Å²) in [6, 6.07) is 19.3. The number of rotatable bonds is 10. The van der Waals surface area contributed by atoms with Crippen LogP contribution in [-0.4, -0.2) is 30.5 Å². The molecule has 1 aliphatic rings. The van der Waals surface area contributed by atoms with Crippen LogP contribution in [0.5, 0.6) is 0 Å². The first-order valence-electron chi connectivity index (χ1n) is 10.4. The Morgan fingerprint density at radius 2 is 1.71 bits per heavy atom. The molecule has 1 aliphatic carbocycles. The predicted octanol–water partition coefficient (Wildman–Crippen LogP) is 3.23. The van der Waals surface area contributed by atoms with Gasteiger partial charge in [0.15, 0.2) is 0 Å². The highest BCUT2D eigenvalue weighted by molar-refractivity contribution is 6.08. The van der Waals surface area contributed by atoms with Crippen molar-refractivity contribution < 1.29 is 9.90 Å². The van der Waals surface area contributed by atoms with E-state index in [1.54, 1.807) is 0 Å². The van der Waals surface area contributed by atoms with Gasteiger partial charge in [0.2, 0.25) is 0 Å². The van der Waals surface area contributed by atoms with Gasteiger partial charge >= 0.3 is 5.97 Å². The highest BCUT2D eigenvalue weighted by Crippen LogP contribution is 2.38. The van der Waals surface area contributed by atoms with E-state index in [9.17, 15) is 9.90 Å². The zero-order valence-corrected chi connectivity index (χ0v) is 16.7. The molecule has 1 saturated carbocycles. The van der Waals surface area contributed by atoms with Gasteiger partial charge in [-0.1, -0.05) is 73.8 Å². The lowest BCUT2D eigenvalue weighted by Gasteiger charge is -2.45. The van der Waals surface area contributed by atoms with Crippen molar-refractivity contribution in [3.63, 3.8) is 0 Å². The van der Waals surface area contributed by atoms with Crippen LogP contribution < -0.4 is 11.1 Å². The van der Waals surface area contributed by atoms with Crippen molar-refractivity contribution in [2.24, 2.45) is 11.7 Å². The zero-order valence-electron chi connectivity index (χ0n) is 16.7. The highest BCUT2D eigenvalue weighted by atomic mass is 16.4. The number of carboxylic acids is 1. The van der Waals surface area contributed by atoms with Gasteiger partial charge in [-0.3, -0.25) is 4.79 Å². The molecular formula is C23H31BN2O2. The molecule has 0 bridgehead atoms. The van der Waals surface area contributed by atoms with E-state index in [2.05, 4.69) is 61.7 Å². The van der Waals surface area contributed by atoms with Crippen LogP contribution in [0.25, 0.3) is 11.1 Å². The van der Waals surface area contributed by atoms with Crippen molar-refractivity contribution >= 4 is 13.8 Å². The number of nitrogens with two attached hydrogens (primary N) is 1. The van der Waals surface area contributed by atoms with Crippen LogP contribution in [0, 0.1) is 5.92 Å². The minimum Gasteiger partial charge on any atom is -0.480 e. The Hall–Kier alpha value is -2.11. The maximum absolute atomic E-state index is 11.7. The van der Waals surface area contributed by atoms with Gasteiger partial charge in [-0.25, -0.2) is 0 Å². The van der Waals surface area contributed by atoms with Crippen molar-refractivity contribution in [1.29, 1.82) is 0 Å². The Bertz CT molecular complexity index is 760. The maximum Gasteiger partial charge on any atom is 0.323 e. The molecule has 4 nitrogen and oxygen atoms in total. The quantitative estimate of drug-likeness (QED) is 0.438. The molecular weight excluding hydrogens is 347 g/mol. The third-order valence-corrected chi connectivity index (χ3v) is 6.11. The second-order valence-corrected chi connectivity index (χ2v) is 8.11. The molecule has 0 aromatic heterocycles. The summed E-state index contributed by atoms with van der Waals surface area (Å²) in [6.45, 7) is 0.799. The standard InChI is InChI=1S/C23H31BN2O2/c24-13-5-4-12-23(25,22(27)28)20-14-21(15-20)26-16-17-8-10-19(11-9-17)18-6-2-1-3-7-18/h1-3,6-11,20-21,26H,4-5,12-16,24-25H2,(H,27,28)/t20-,21+,23?. The number of hydrogen-bond acceptors (Lipinski definition) is 3. The van der Waals surface area contributed by atoms with Crippen LogP contribution in [0.3, 0.4) is 0 Å². The molecule has 0 saturated heterocycles. The summed E-state index contributed by atoms with van der Waals surface area (Å²) in [5.41, 5.74) is 8.91. The molecule has 3 rings (SSSR count). The van der Waals surface area contributed by atoms with E-state index in [4.69, 9.17) is 5.73 Å². The summed E-state index contributed by atoms with van der Waals surface area (Å²) in [5.74, 6) is -0.775. The summed E-state index contributed by atoms with van der Waals surface area (Å²) >= 11 is 0. The van der Waals surface area contributed by atoms with Crippen LogP contribution in [0.1, 0.15) is 37.7 Å². The molecule has 4 N–H and O–H groups in total. The van der Waals surface area contributed by atoms with E-state index in [0.717, 1.165) is 38.5 Å². The largest absolute Gasteiger partial charge is 0.480 e. The molecule has 0 heterocycles. The average molecular weight is 378 g/mol. The van der Waals surface area contributed by atoms with Gasteiger partial charge in [0.25, 0.3) is 0 Å². The smallest absolute Gasteiger partial charge is 0.323 e. The van der Waals surface area contributed by atoms with E-state index in [0.29, 0.717) is 12.5 Å². The van der Waals surface area contributed by atoms with Gasteiger partial charge in [0, 0.05) is 12.6 Å². The molecule has 1 unspecified atom stereocenters. The molecule has 148 valence electrons. The Labute approximate surface area is 168 Å². The molecule has 0 aliphatic heterocycles. The summed E-state index contributed by atoms with van der Waals surface area (Å²) in [4.78, 5) is 11.7. The van der Waals surface area contributed by atoms with E-state index < -0.39 is 11.5 Å². The zero-order chi connectivity index (χ0) is 20.0. The fourth-order valence-electron chi connectivity index (χ4n) is 4.07.